The zero-order valence-corrected chi connectivity index (χ0v) is 20.4. The third-order valence-corrected chi connectivity index (χ3v) is 4.75. The molecule has 1 saturated heterocycles. The second-order valence-electron chi connectivity index (χ2n) is 7.54. The Morgan fingerprint density at radius 3 is 2.50 bits per heavy atom. The zero-order valence-electron chi connectivity index (χ0n) is 18.0. The van der Waals surface area contributed by atoms with Crippen molar-refractivity contribution in [1.29, 1.82) is 0 Å². The van der Waals surface area contributed by atoms with Crippen molar-refractivity contribution in [3.05, 3.63) is 29.3 Å². The highest BCUT2D eigenvalue weighted by atomic mass is 127. The maximum absolute atomic E-state index is 5.92. The third kappa shape index (κ3) is 8.96. The van der Waals surface area contributed by atoms with E-state index in [0.717, 1.165) is 57.6 Å². The van der Waals surface area contributed by atoms with E-state index in [9.17, 15) is 0 Å². The summed E-state index contributed by atoms with van der Waals surface area (Å²) in [7, 11) is 3.88. The van der Waals surface area contributed by atoms with Crippen LogP contribution in [0.1, 0.15) is 18.1 Å². The van der Waals surface area contributed by atoms with Crippen LogP contribution < -0.4 is 10.1 Å². The topological polar surface area (TPSA) is 49.3 Å². The van der Waals surface area contributed by atoms with Gasteiger partial charge in [-0.05, 0) is 43.0 Å². The van der Waals surface area contributed by atoms with Crippen LogP contribution in [-0.2, 0) is 4.74 Å². The van der Waals surface area contributed by atoms with Crippen molar-refractivity contribution in [2.75, 3.05) is 66.6 Å². The predicted octanol–water partition coefficient (Wildman–Crippen LogP) is 2.78. The van der Waals surface area contributed by atoms with Crippen LogP contribution >= 0.6 is 24.0 Å². The van der Waals surface area contributed by atoms with E-state index in [1.807, 2.05) is 14.1 Å². The van der Waals surface area contributed by atoms with E-state index in [1.165, 1.54) is 11.1 Å². The van der Waals surface area contributed by atoms with E-state index in [0.29, 0.717) is 12.5 Å². The second-order valence-corrected chi connectivity index (χ2v) is 7.54. The van der Waals surface area contributed by atoms with Gasteiger partial charge in [-0.15, -0.1) is 24.0 Å². The molecule has 1 aliphatic heterocycles. The van der Waals surface area contributed by atoms with Crippen molar-refractivity contribution in [3.8, 4) is 5.75 Å². The minimum atomic E-state index is 0. The van der Waals surface area contributed by atoms with Crippen LogP contribution in [0.15, 0.2) is 23.2 Å². The number of likely N-dealkylation sites (N-methyl/N-ethyl adjacent to an activating group) is 1. The molecular weight excluding hydrogens is 467 g/mol. The summed E-state index contributed by atoms with van der Waals surface area (Å²) < 4.78 is 11.3. The van der Waals surface area contributed by atoms with Crippen molar-refractivity contribution < 1.29 is 9.47 Å². The van der Waals surface area contributed by atoms with Gasteiger partial charge in [0, 0.05) is 40.3 Å². The van der Waals surface area contributed by atoms with Crippen LogP contribution in [0.2, 0.25) is 0 Å². The lowest BCUT2D eigenvalue weighted by atomic mass is 10.1. The lowest BCUT2D eigenvalue weighted by Crippen LogP contribution is -2.45. The summed E-state index contributed by atoms with van der Waals surface area (Å²) in [6.45, 7) is 13.7. The average Bonchev–Trinajstić information content (AvgIpc) is 2.62. The molecule has 0 bridgehead atoms. The average molecular weight is 504 g/mol. The van der Waals surface area contributed by atoms with E-state index >= 15 is 0 Å². The molecule has 1 fully saturated rings. The van der Waals surface area contributed by atoms with E-state index in [-0.39, 0.29) is 24.0 Å². The van der Waals surface area contributed by atoms with E-state index in [1.54, 1.807) is 0 Å². The molecule has 0 aliphatic carbocycles. The number of hydrogen-bond donors (Lipinski definition) is 1. The number of ether oxygens (including phenoxy) is 2. The van der Waals surface area contributed by atoms with Gasteiger partial charge >= 0.3 is 0 Å². The maximum atomic E-state index is 5.92. The molecule has 7 heteroatoms. The summed E-state index contributed by atoms with van der Waals surface area (Å²) in [5.41, 5.74) is 2.45. The standard InChI is InChI=1S/C21H36N4O2.HI/c1-17-12-18(2)14-20(13-17)27-11-6-24(5)21(22-4)23-15-19(3)16-25-7-9-26-10-8-25;/h12-14,19H,6-11,15-16H2,1-5H3,(H,22,23);1H. The van der Waals surface area contributed by atoms with Crippen LogP contribution in [0, 0.1) is 19.8 Å². The van der Waals surface area contributed by atoms with Crippen LogP contribution in [0.25, 0.3) is 0 Å². The highest BCUT2D eigenvalue weighted by Crippen LogP contribution is 2.16. The van der Waals surface area contributed by atoms with Crippen LogP contribution in [0.3, 0.4) is 0 Å². The smallest absolute Gasteiger partial charge is 0.193 e. The van der Waals surface area contributed by atoms with Crippen molar-refractivity contribution >= 4 is 29.9 Å². The van der Waals surface area contributed by atoms with Crippen LogP contribution in [0.4, 0.5) is 0 Å². The molecule has 1 unspecified atom stereocenters. The fraction of sp³-hybridized carbons (Fsp3) is 0.667. The fourth-order valence-electron chi connectivity index (χ4n) is 3.36. The van der Waals surface area contributed by atoms with Gasteiger partial charge in [-0.1, -0.05) is 13.0 Å². The van der Waals surface area contributed by atoms with Gasteiger partial charge < -0.3 is 19.7 Å². The van der Waals surface area contributed by atoms with Gasteiger partial charge in [-0.2, -0.15) is 0 Å². The van der Waals surface area contributed by atoms with Crippen molar-refractivity contribution in [1.82, 2.24) is 15.1 Å². The molecule has 6 nitrogen and oxygen atoms in total. The molecular formula is C21H37IN4O2. The normalized spacial score (nSPS) is 16.2. The second kappa shape index (κ2) is 13.2. The lowest BCUT2D eigenvalue weighted by Gasteiger charge is -2.30. The van der Waals surface area contributed by atoms with Gasteiger partial charge in [0.2, 0.25) is 0 Å². The van der Waals surface area contributed by atoms with Crippen molar-refractivity contribution in [2.45, 2.75) is 20.8 Å². The Bertz CT molecular complexity index is 586. The Labute approximate surface area is 187 Å². The van der Waals surface area contributed by atoms with Gasteiger partial charge in [0.15, 0.2) is 5.96 Å². The number of nitrogens with zero attached hydrogens (tertiary/aromatic N) is 3. The van der Waals surface area contributed by atoms with Crippen LogP contribution in [-0.4, -0.2) is 82.4 Å². The molecule has 0 aromatic heterocycles. The third-order valence-electron chi connectivity index (χ3n) is 4.75. The molecule has 1 atom stereocenters. The van der Waals surface area contributed by atoms with Gasteiger partial charge in [-0.3, -0.25) is 9.89 Å². The Balaban J connectivity index is 0.00000392. The summed E-state index contributed by atoms with van der Waals surface area (Å²) in [4.78, 5) is 8.99. The first-order chi connectivity index (χ1) is 13.0. The summed E-state index contributed by atoms with van der Waals surface area (Å²) in [6, 6.07) is 6.31. The molecule has 1 aliphatic rings. The summed E-state index contributed by atoms with van der Waals surface area (Å²) >= 11 is 0. The number of aliphatic imine (C=N–C) groups is 1. The largest absolute Gasteiger partial charge is 0.492 e. The number of benzene rings is 1. The maximum Gasteiger partial charge on any atom is 0.193 e. The first-order valence-corrected chi connectivity index (χ1v) is 9.91. The molecule has 0 spiro atoms. The van der Waals surface area contributed by atoms with Crippen molar-refractivity contribution in [3.63, 3.8) is 0 Å². The Hall–Kier alpha value is -1.06. The summed E-state index contributed by atoms with van der Waals surface area (Å²) in [5, 5.41) is 3.49. The highest BCUT2D eigenvalue weighted by molar-refractivity contribution is 14.0. The lowest BCUT2D eigenvalue weighted by molar-refractivity contribution is 0.0320. The Morgan fingerprint density at radius 1 is 1.25 bits per heavy atom. The molecule has 1 aromatic carbocycles. The molecule has 160 valence electrons. The minimum absolute atomic E-state index is 0. The van der Waals surface area contributed by atoms with Crippen LogP contribution in [0.5, 0.6) is 5.75 Å². The Morgan fingerprint density at radius 2 is 1.89 bits per heavy atom. The molecule has 1 heterocycles. The summed E-state index contributed by atoms with van der Waals surface area (Å²) in [5.74, 6) is 2.40. The number of nitrogens with one attached hydrogen (secondary N) is 1. The van der Waals surface area contributed by atoms with E-state index < -0.39 is 0 Å². The number of hydrogen-bond acceptors (Lipinski definition) is 4. The molecule has 2 rings (SSSR count). The molecule has 0 radical (unpaired) electrons. The van der Waals surface area contributed by atoms with E-state index in [2.05, 4.69) is 59.1 Å². The number of morpholine rings is 1. The number of halogens is 1. The van der Waals surface area contributed by atoms with Gasteiger partial charge in [0.1, 0.15) is 12.4 Å². The van der Waals surface area contributed by atoms with Gasteiger partial charge in [0.05, 0.1) is 19.8 Å². The van der Waals surface area contributed by atoms with E-state index in [4.69, 9.17) is 9.47 Å². The first kappa shape index (κ1) is 25.0. The number of rotatable bonds is 8. The quantitative estimate of drug-likeness (QED) is 0.335. The number of guanidine groups is 1. The SMILES string of the molecule is CN=C(NCC(C)CN1CCOCC1)N(C)CCOc1cc(C)cc(C)c1.I. The Kier molecular flexibility index (Phi) is 11.8. The molecule has 0 amide bonds. The van der Waals surface area contributed by atoms with Gasteiger partial charge in [-0.25, -0.2) is 0 Å². The summed E-state index contributed by atoms with van der Waals surface area (Å²) in [6.07, 6.45) is 0. The highest BCUT2D eigenvalue weighted by Gasteiger charge is 2.14. The molecule has 1 aromatic rings. The fourth-order valence-corrected chi connectivity index (χ4v) is 3.36. The first-order valence-electron chi connectivity index (χ1n) is 9.91. The monoisotopic (exact) mass is 504 g/mol. The zero-order chi connectivity index (χ0) is 19.6. The van der Waals surface area contributed by atoms with Gasteiger partial charge in [0.25, 0.3) is 0 Å². The predicted molar refractivity (Wildman–Crippen MR) is 127 cm³/mol. The molecule has 28 heavy (non-hydrogen) atoms. The number of aryl methyl sites for hydroxylation is 2. The van der Waals surface area contributed by atoms with Crippen molar-refractivity contribution in [2.24, 2.45) is 10.9 Å². The molecule has 1 N–H and O–H groups in total. The molecule has 0 saturated carbocycles. The minimum Gasteiger partial charge on any atom is -0.492 e.